The van der Waals surface area contributed by atoms with Crippen LogP contribution < -0.4 is 0 Å². The fourth-order valence-corrected chi connectivity index (χ4v) is 4.36. The van der Waals surface area contributed by atoms with Gasteiger partial charge in [-0.2, -0.15) is 13.2 Å². The van der Waals surface area contributed by atoms with E-state index < -0.39 is 17.3 Å². The number of carbonyl (C=O) groups excluding carboxylic acids is 2. The first kappa shape index (κ1) is 22.3. The summed E-state index contributed by atoms with van der Waals surface area (Å²) in [7, 11) is 0. The number of thioether (sulfide) groups is 1. The smallest absolute Gasteiger partial charge is 0.451 e. The highest BCUT2D eigenvalue weighted by Gasteiger charge is 2.36. The number of alkyl halides is 3. The minimum atomic E-state index is -4.68. The number of rotatable bonds is 5. The Balaban J connectivity index is 1.73. The Labute approximate surface area is 176 Å². The van der Waals surface area contributed by atoms with E-state index in [2.05, 4.69) is 9.97 Å². The SMILES string of the molecule is CCOC(=O)C1CCN(C(=O)[C@@H](C)Sc2nc(C(F)(F)F)nc3ccccc23)CC1. The molecule has 1 aromatic carbocycles. The van der Waals surface area contributed by atoms with Crippen LogP contribution in [0.4, 0.5) is 13.2 Å². The second-order valence-electron chi connectivity index (χ2n) is 6.98. The van der Waals surface area contributed by atoms with Gasteiger partial charge in [-0.1, -0.05) is 30.0 Å². The van der Waals surface area contributed by atoms with E-state index in [1.165, 1.54) is 6.07 Å². The second-order valence-corrected chi connectivity index (χ2v) is 8.31. The van der Waals surface area contributed by atoms with Gasteiger partial charge in [0, 0.05) is 18.5 Å². The molecule has 1 atom stereocenters. The predicted molar refractivity (Wildman–Crippen MR) is 106 cm³/mol. The zero-order valence-corrected chi connectivity index (χ0v) is 17.4. The number of benzene rings is 1. The summed E-state index contributed by atoms with van der Waals surface area (Å²) in [5.74, 6) is -1.89. The van der Waals surface area contributed by atoms with Crippen molar-refractivity contribution >= 4 is 34.5 Å². The van der Waals surface area contributed by atoms with Crippen LogP contribution in [0.3, 0.4) is 0 Å². The van der Waals surface area contributed by atoms with Gasteiger partial charge in [0.15, 0.2) is 0 Å². The van der Waals surface area contributed by atoms with Crippen molar-refractivity contribution < 1.29 is 27.5 Å². The van der Waals surface area contributed by atoms with E-state index in [0.717, 1.165) is 11.8 Å². The normalized spacial score (nSPS) is 16.5. The summed E-state index contributed by atoms with van der Waals surface area (Å²) < 4.78 is 44.6. The number of para-hydroxylation sites is 1. The Morgan fingerprint density at radius 1 is 1.23 bits per heavy atom. The summed E-state index contributed by atoms with van der Waals surface area (Å²) in [6.45, 7) is 4.53. The molecule has 1 amide bonds. The number of aromatic nitrogens is 2. The van der Waals surface area contributed by atoms with Gasteiger partial charge in [0.25, 0.3) is 0 Å². The summed E-state index contributed by atoms with van der Waals surface area (Å²) >= 11 is 0.986. The zero-order chi connectivity index (χ0) is 21.9. The molecule has 3 rings (SSSR count). The molecule has 0 unspecified atom stereocenters. The molecule has 1 fully saturated rings. The van der Waals surface area contributed by atoms with Crippen LogP contribution in [0.15, 0.2) is 29.3 Å². The van der Waals surface area contributed by atoms with Gasteiger partial charge >= 0.3 is 12.1 Å². The minimum absolute atomic E-state index is 0.121. The fraction of sp³-hybridized carbons (Fsp3) is 0.500. The summed E-state index contributed by atoms with van der Waals surface area (Å²) in [5, 5.41) is -0.0464. The van der Waals surface area contributed by atoms with Crippen LogP contribution in [0.25, 0.3) is 10.9 Å². The maximum atomic E-state index is 13.2. The number of nitrogens with zero attached hydrogens (tertiary/aromatic N) is 3. The van der Waals surface area contributed by atoms with E-state index in [1.807, 2.05) is 0 Å². The number of esters is 1. The molecule has 1 aliphatic rings. The van der Waals surface area contributed by atoms with Crippen molar-refractivity contribution in [2.24, 2.45) is 5.92 Å². The molecule has 10 heteroatoms. The maximum absolute atomic E-state index is 13.2. The number of carbonyl (C=O) groups is 2. The molecule has 2 aromatic rings. The van der Waals surface area contributed by atoms with Gasteiger partial charge in [-0.15, -0.1) is 0 Å². The number of hydrogen-bond acceptors (Lipinski definition) is 6. The van der Waals surface area contributed by atoms with Crippen LogP contribution >= 0.6 is 11.8 Å². The molecule has 30 heavy (non-hydrogen) atoms. The van der Waals surface area contributed by atoms with Crippen LogP contribution in [0, 0.1) is 5.92 Å². The molecule has 0 bridgehead atoms. The van der Waals surface area contributed by atoms with Crippen LogP contribution in [0.1, 0.15) is 32.5 Å². The van der Waals surface area contributed by atoms with Crippen LogP contribution in [-0.4, -0.2) is 51.7 Å². The van der Waals surface area contributed by atoms with Crippen LogP contribution in [0.2, 0.25) is 0 Å². The summed E-state index contributed by atoms with van der Waals surface area (Å²) in [6.07, 6.45) is -3.66. The third kappa shape index (κ3) is 5.03. The van der Waals surface area contributed by atoms with Crippen molar-refractivity contribution in [1.82, 2.24) is 14.9 Å². The number of likely N-dealkylation sites (tertiary alicyclic amines) is 1. The molecule has 1 aromatic heterocycles. The molecule has 0 spiro atoms. The number of piperidine rings is 1. The lowest BCUT2D eigenvalue weighted by molar-refractivity contribution is -0.151. The molecule has 0 aliphatic carbocycles. The number of halogens is 3. The average molecular weight is 441 g/mol. The molecular formula is C20H22F3N3O3S. The third-order valence-corrected chi connectivity index (χ3v) is 5.97. The van der Waals surface area contributed by atoms with E-state index in [0.29, 0.717) is 37.9 Å². The number of hydrogen-bond donors (Lipinski definition) is 0. The maximum Gasteiger partial charge on any atom is 0.451 e. The molecule has 0 saturated carbocycles. The van der Waals surface area contributed by atoms with Gasteiger partial charge in [-0.3, -0.25) is 9.59 Å². The topological polar surface area (TPSA) is 72.4 Å². The van der Waals surface area contributed by atoms with E-state index in [9.17, 15) is 22.8 Å². The highest BCUT2D eigenvalue weighted by Crippen LogP contribution is 2.34. The van der Waals surface area contributed by atoms with Gasteiger partial charge in [-0.25, -0.2) is 9.97 Å². The molecule has 2 heterocycles. The molecule has 1 aliphatic heterocycles. The van der Waals surface area contributed by atoms with Crippen molar-refractivity contribution in [1.29, 1.82) is 0 Å². The van der Waals surface area contributed by atoms with Gasteiger partial charge in [0.2, 0.25) is 11.7 Å². The van der Waals surface area contributed by atoms with Crippen molar-refractivity contribution in [3.8, 4) is 0 Å². The Morgan fingerprint density at radius 2 is 1.90 bits per heavy atom. The fourth-order valence-electron chi connectivity index (χ4n) is 3.33. The highest BCUT2D eigenvalue weighted by atomic mass is 32.2. The van der Waals surface area contributed by atoms with Gasteiger partial charge in [0.1, 0.15) is 5.03 Å². The second kappa shape index (κ2) is 9.20. The van der Waals surface area contributed by atoms with Crippen molar-refractivity contribution in [3.05, 3.63) is 30.1 Å². The number of ether oxygens (including phenoxy) is 1. The van der Waals surface area contributed by atoms with Crippen molar-refractivity contribution in [2.45, 2.75) is 43.1 Å². The molecule has 0 N–H and O–H groups in total. The first-order chi connectivity index (χ1) is 14.2. The van der Waals surface area contributed by atoms with E-state index in [1.54, 1.807) is 36.9 Å². The average Bonchev–Trinajstić information content (AvgIpc) is 2.72. The first-order valence-electron chi connectivity index (χ1n) is 9.66. The summed E-state index contributed by atoms with van der Waals surface area (Å²) in [4.78, 5) is 33.6. The van der Waals surface area contributed by atoms with Crippen molar-refractivity contribution in [3.63, 3.8) is 0 Å². The quantitative estimate of drug-likeness (QED) is 0.398. The Kier molecular flexibility index (Phi) is 6.84. The summed E-state index contributed by atoms with van der Waals surface area (Å²) in [6, 6.07) is 6.42. The van der Waals surface area contributed by atoms with Gasteiger partial charge in [0.05, 0.1) is 23.3 Å². The molecular weight excluding hydrogens is 419 g/mol. The van der Waals surface area contributed by atoms with Crippen molar-refractivity contribution in [2.75, 3.05) is 19.7 Å². The lowest BCUT2D eigenvalue weighted by Gasteiger charge is -2.32. The standard InChI is InChI=1S/C20H22F3N3O3S/c1-3-29-18(28)13-8-10-26(11-9-13)17(27)12(2)30-16-14-6-4-5-7-15(14)24-19(25-16)20(21,22)23/h4-7,12-13H,3,8-11H2,1-2H3/t12-/m1/s1. The van der Waals surface area contributed by atoms with E-state index >= 15 is 0 Å². The Bertz CT molecular complexity index is 930. The molecule has 6 nitrogen and oxygen atoms in total. The minimum Gasteiger partial charge on any atom is -0.466 e. The van der Waals surface area contributed by atoms with Gasteiger partial charge in [-0.05, 0) is 32.8 Å². The number of amides is 1. The molecule has 0 radical (unpaired) electrons. The monoisotopic (exact) mass is 441 g/mol. The highest BCUT2D eigenvalue weighted by molar-refractivity contribution is 8.00. The first-order valence-corrected chi connectivity index (χ1v) is 10.5. The lowest BCUT2D eigenvalue weighted by Crippen LogP contribution is -2.43. The van der Waals surface area contributed by atoms with E-state index in [-0.39, 0.29) is 28.3 Å². The molecule has 162 valence electrons. The Hall–Kier alpha value is -2.36. The zero-order valence-electron chi connectivity index (χ0n) is 16.6. The number of fused-ring (bicyclic) bond motifs is 1. The van der Waals surface area contributed by atoms with Crippen LogP contribution in [-0.2, 0) is 20.5 Å². The largest absolute Gasteiger partial charge is 0.466 e. The third-order valence-electron chi connectivity index (χ3n) is 4.88. The van der Waals surface area contributed by atoms with Crippen LogP contribution in [0.5, 0.6) is 0 Å². The predicted octanol–water partition coefficient (Wildman–Crippen LogP) is 3.93. The summed E-state index contributed by atoms with van der Waals surface area (Å²) in [5.41, 5.74) is 0.178. The Morgan fingerprint density at radius 3 is 2.53 bits per heavy atom. The molecule has 1 saturated heterocycles. The van der Waals surface area contributed by atoms with E-state index in [4.69, 9.17) is 4.74 Å². The lowest BCUT2D eigenvalue weighted by atomic mass is 9.97. The van der Waals surface area contributed by atoms with Gasteiger partial charge < -0.3 is 9.64 Å².